The highest BCUT2D eigenvalue weighted by Gasteiger charge is 2.51. The van der Waals surface area contributed by atoms with E-state index >= 15 is 0 Å². The number of benzene rings is 2. The Morgan fingerprint density at radius 3 is 2.25 bits per heavy atom. The molecule has 102 valence electrons. The highest BCUT2D eigenvalue weighted by Crippen LogP contribution is 2.43. The second kappa shape index (κ2) is 5.10. The minimum Gasteiger partial charge on any atom is -0.480 e. The summed E-state index contributed by atoms with van der Waals surface area (Å²) in [6, 6.07) is 19.4. The fourth-order valence-electron chi connectivity index (χ4n) is 3.21. The smallest absolute Gasteiger partial charge is 0.329 e. The van der Waals surface area contributed by atoms with Crippen LogP contribution in [0.5, 0.6) is 0 Å². The molecule has 3 heteroatoms. The molecule has 1 heterocycles. The highest BCUT2D eigenvalue weighted by molar-refractivity contribution is 5.83. The summed E-state index contributed by atoms with van der Waals surface area (Å²) in [5.74, 6) is -0.862. The molecule has 3 rings (SSSR count). The molecule has 0 radical (unpaired) electrons. The van der Waals surface area contributed by atoms with Crippen LogP contribution in [0.2, 0.25) is 0 Å². The molecule has 2 atom stereocenters. The molecule has 0 aromatic heterocycles. The van der Waals surface area contributed by atoms with E-state index < -0.39 is 11.5 Å². The van der Waals surface area contributed by atoms with Crippen LogP contribution in [0.25, 0.3) is 0 Å². The van der Waals surface area contributed by atoms with Crippen molar-refractivity contribution in [2.75, 3.05) is 6.54 Å². The quantitative estimate of drug-likeness (QED) is 0.899. The highest BCUT2D eigenvalue weighted by atomic mass is 16.4. The lowest BCUT2D eigenvalue weighted by atomic mass is 9.76. The van der Waals surface area contributed by atoms with E-state index in [1.54, 1.807) is 0 Å². The summed E-state index contributed by atoms with van der Waals surface area (Å²) in [6.45, 7) is 0.709. The average molecular weight is 267 g/mol. The van der Waals surface area contributed by atoms with Crippen molar-refractivity contribution in [1.29, 1.82) is 0 Å². The van der Waals surface area contributed by atoms with Gasteiger partial charge in [-0.3, -0.25) is 5.32 Å². The topological polar surface area (TPSA) is 49.3 Å². The Kier molecular flexibility index (Phi) is 3.28. The van der Waals surface area contributed by atoms with Crippen molar-refractivity contribution in [3.63, 3.8) is 0 Å². The van der Waals surface area contributed by atoms with E-state index in [0.29, 0.717) is 6.54 Å². The Hall–Kier alpha value is -2.13. The van der Waals surface area contributed by atoms with Crippen LogP contribution in [0.15, 0.2) is 60.7 Å². The van der Waals surface area contributed by atoms with Crippen LogP contribution in [0.4, 0.5) is 0 Å². The largest absolute Gasteiger partial charge is 0.480 e. The van der Waals surface area contributed by atoms with Crippen molar-refractivity contribution in [1.82, 2.24) is 5.32 Å². The maximum absolute atomic E-state index is 12.0. The van der Waals surface area contributed by atoms with Gasteiger partial charge in [-0.25, -0.2) is 4.79 Å². The number of hydrogen-bond donors (Lipinski definition) is 2. The SMILES string of the molecule is O=C(O)[C@@]1(c2ccccc2)NCC[C@@H]1c1ccccc1. The zero-order valence-corrected chi connectivity index (χ0v) is 11.1. The van der Waals surface area contributed by atoms with Crippen LogP contribution < -0.4 is 5.32 Å². The molecule has 1 aliphatic rings. The molecule has 1 saturated heterocycles. The molecule has 1 aliphatic heterocycles. The summed E-state index contributed by atoms with van der Waals surface area (Å²) >= 11 is 0. The molecule has 2 aromatic carbocycles. The van der Waals surface area contributed by atoms with Crippen molar-refractivity contribution >= 4 is 5.97 Å². The molecule has 0 bridgehead atoms. The first-order valence-electron chi connectivity index (χ1n) is 6.84. The monoisotopic (exact) mass is 267 g/mol. The van der Waals surface area contributed by atoms with Gasteiger partial charge < -0.3 is 5.11 Å². The van der Waals surface area contributed by atoms with Gasteiger partial charge in [0.25, 0.3) is 0 Å². The number of rotatable bonds is 3. The van der Waals surface area contributed by atoms with Crippen LogP contribution in [-0.2, 0) is 10.3 Å². The lowest BCUT2D eigenvalue weighted by Gasteiger charge is -2.32. The van der Waals surface area contributed by atoms with Crippen LogP contribution in [0, 0.1) is 0 Å². The van der Waals surface area contributed by atoms with E-state index in [4.69, 9.17) is 0 Å². The minimum atomic E-state index is -1.03. The summed E-state index contributed by atoms with van der Waals surface area (Å²) in [4.78, 5) is 12.0. The fraction of sp³-hybridized carbons (Fsp3) is 0.235. The number of aliphatic carboxylic acids is 1. The first-order valence-corrected chi connectivity index (χ1v) is 6.84. The van der Waals surface area contributed by atoms with Crippen LogP contribution >= 0.6 is 0 Å². The van der Waals surface area contributed by atoms with E-state index in [9.17, 15) is 9.90 Å². The molecule has 20 heavy (non-hydrogen) atoms. The summed E-state index contributed by atoms with van der Waals surface area (Å²) in [7, 11) is 0. The van der Waals surface area contributed by atoms with E-state index in [2.05, 4.69) is 5.32 Å². The molecule has 1 fully saturated rings. The van der Waals surface area contributed by atoms with E-state index in [0.717, 1.165) is 17.5 Å². The van der Waals surface area contributed by atoms with Gasteiger partial charge in [-0.1, -0.05) is 60.7 Å². The molecular formula is C17H17NO2. The fourth-order valence-corrected chi connectivity index (χ4v) is 3.21. The number of carboxylic acids is 1. The minimum absolute atomic E-state index is 0.0522. The Bertz CT molecular complexity index is 597. The molecule has 2 aromatic rings. The van der Waals surface area contributed by atoms with Gasteiger partial charge >= 0.3 is 5.97 Å². The maximum Gasteiger partial charge on any atom is 0.329 e. The van der Waals surface area contributed by atoms with Gasteiger partial charge in [-0.05, 0) is 24.1 Å². The number of carbonyl (C=O) groups is 1. The van der Waals surface area contributed by atoms with Gasteiger partial charge in [-0.2, -0.15) is 0 Å². The lowest BCUT2D eigenvalue weighted by Crippen LogP contribution is -2.48. The standard InChI is InChI=1S/C17H17NO2/c19-16(20)17(14-9-5-2-6-10-14)15(11-12-18-17)13-7-3-1-4-8-13/h1-10,15,18H,11-12H2,(H,19,20)/t15-,17+/m1/s1. The molecular weight excluding hydrogens is 250 g/mol. The van der Waals surface area contributed by atoms with Crippen molar-refractivity contribution < 1.29 is 9.90 Å². The Morgan fingerprint density at radius 2 is 1.65 bits per heavy atom. The molecule has 0 aliphatic carbocycles. The predicted octanol–water partition coefficient (Wildman–Crippen LogP) is 2.74. The van der Waals surface area contributed by atoms with Gasteiger partial charge in [0.1, 0.15) is 5.54 Å². The second-order valence-corrected chi connectivity index (χ2v) is 5.16. The molecule has 2 N–H and O–H groups in total. The molecule has 0 spiro atoms. The number of hydrogen-bond acceptors (Lipinski definition) is 2. The molecule has 0 unspecified atom stereocenters. The average Bonchev–Trinajstić information content (AvgIpc) is 2.95. The van der Waals surface area contributed by atoms with Gasteiger partial charge in [0.15, 0.2) is 0 Å². The third-order valence-electron chi connectivity index (χ3n) is 4.13. The van der Waals surface area contributed by atoms with Gasteiger partial charge in [0.05, 0.1) is 0 Å². The molecule has 3 nitrogen and oxygen atoms in total. The summed E-state index contributed by atoms with van der Waals surface area (Å²) < 4.78 is 0. The predicted molar refractivity (Wildman–Crippen MR) is 77.6 cm³/mol. The lowest BCUT2D eigenvalue weighted by molar-refractivity contribution is -0.145. The van der Waals surface area contributed by atoms with Crippen LogP contribution in [0.3, 0.4) is 0 Å². The third-order valence-corrected chi connectivity index (χ3v) is 4.13. The van der Waals surface area contributed by atoms with E-state index in [1.807, 2.05) is 60.7 Å². The summed E-state index contributed by atoms with van der Waals surface area (Å²) in [5.41, 5.74) is 0.866. The number of carboxylic acid groups (broad SMARTS) is 1. The first kappa shape index (κ1) is 12.9. The second-order valence-electron chi connectivity index (χ2n) is 5.16. The van der Waals surface area contributed by atoms with Crippen molar-refractivity contribution in [2.24, 2.45) is 0 Å². The van der Waals surface area contributed by atoms with Crippen molar-refractivity contribution in [3.05, 3.63) is 71.8 Å². The van der Waals surface area contributed by atoms with Gasteiger partial charge in [0.2, 0.25) is 0 Å². The van der Waals surface area contributed by atoms with Crippen molar-refractivity contribution in [2.45, 2.75) is 17.9 Å². The zero-order valence-electron chi connectivity index (χ0n) is 11.1. The van der Waals surface area contributed by atoms with Crippen molar-refractivity contribution in [3.8, 4) is 0 Å². The van der Waals surface area contributed by atoms with Gasteiger partial charge in [-0.15, -0.1) is 0 Å². The Morgan fingerprint density at radius 1 is 1.05 bits per heavy atom. The van der Waals surface area contributed by atoms with E-state index in [-0.39, 0.29) is 5.92 Å². The molecule has 0 amide bonds. The zero-order chi connectivity index (χ0) is 14.0. The van der Waals surface area contributed by atoms with Gasteiger partial charge in [0, 0.05) is 5.92 Å². The maximum atomic E-state index is 12.0. The first-order chi connectivity index (χ1) is 9.75. The normalized spacial score (nSPS) is 25.5. The van der Waals surface area contributed by atoms with E-state index in [1.165, 1.54) is 0 Å². The number of nitrogens with one attached hydrogen (secondary N) is 1. The third kappa shape index (κ3) is 1.91. The Balaban J connectivity index is 2.13. The van der Waals surface area contributed by atoms with Crippen LogP contribution in [-0.4, -0.2) is 17.6 Å². The summed E-state index contributed by atoms with van der Waals surface area (Å²) in [5, 5.41) is 13.1. The Labute approximate surface area is 118 Å². The summed E-state index contributed by atoms with van der Waals surface area (Å²) in [6.07, 6.45) is 0.825. The molecule has 0 saturated carbocycles. The van der Waals surface area contributed by atoms with Crippen LogP contribution in [0.1, 0.15) is 23.5 Å².